The van der Waals surface area contributed by atoms with Gasteiger partial charge in [-0.25, -0.2) is 4.98 Å². The number of hydrogen-bond acceptors (Lipinski definition) is 5. The number of carbonyl (C=O) groups is 1. The maximum atomic E-state index is 12.2. The fourth-order valence-electron chi connectivity index (χ4n) is 4.38. The van der Waals surface area contributed by atoms with Crippen LogP contribution in [0.15, 0.2) is 66.7 Å². The van der Waals surface area contributed by atoms with Gasteiger partial charge in [-0.3, -0.25) is 4.79 Å². The molecule has 1 amide bonds. The first-order valence-electron chi connectivity index (χ1n) is 13.2. The van der Waals surface area contributed by atoms with Crippen molar-refractivity contribution in [1.29, 1.82) is 0 Å². The molecule has 0 saturated carbocycles. The van der Waals surface area contributed by atoms with Crippen molar-refractivity contribution in [3.63, 3.8) is 0 Å². The van der Waals surface area contributed by atoms with Crippen LogP contribution in [0.4, 0.5) is 0 Å². The molecule has 1 N–H and O–H groups in total. The number of para-hydroxylation sites is 2. The zero-order valence-corrected chi connectivity index (χ0v) is 22.5. The van der Waals surface area contributed by atoms with E-state index in [1.165, 1.54) is 0 Å². The molecule has 0 aliphatic carbocycles. The Morgan fingerprint density at radius 3 is 2.63 bits per heavy atom. The average Bonchev–Trinajstić information content (AvgIpc) is 3.28. The number of nitrogens with zero attached hydrogens (tertiary/aromatic N) is 2. The van der Waals surface area contributed by atoms with E-state index in [0.29, 0.717) is 19.7 Å². The van der Waals surface area contributed by atoms with E-state index in [2.05, 4.69) is 16.0 Å². The second kappa shape index (κ2) is 13.5. The van der Waals surface area contributed by atoms with Crippen molar-refractivity contribution in [1.82, 2.24) is 14.9 Å². The number of aromatic nitrogens is 2. The number of imidazole rings is 1. The summed E-state index contributed by atoms with van der Waals surface area (Å²) < 4.78 is 19.2. The molecule has 1 heterocycles. The zero-order chi connectivity index (χ0) is 26.7. The Labute approximate surface area is 224 Å². The molecule has 0 aliphatic heterocycles. The van der Waals surface area contributed by atoms with Gasteiger partial charge in [0, 0.05) is 19.0 Å². The van der Waals surface area contributed by atoms with Gasteiger partial charge >= 0.3 is 0 Å². The highest BCUT2D eigenvalue weighted by atomic mass is 16.5. The molecule has 1 aromatic heterocycles. The molecule has 0 spiro atoms. The number of carbonyl (C=O) groups excluding carboxylic acids is 1. The molecule has 4 rings (SSSR count). The summed E-state index contributed by atoms with van der Waals surface area (Å²) in [6, 6.07) is 21.9. The van der Waals surface area contributed by atoms with Gasteiger partial charge in [0.15, 0.2) is 6.61 Å². The average molecular weight is 516 g/mol. The van der Waals surface area contributed by atoms with Crippen molar-refractivity contribution >= 4 is 16.9 Å². The standard InChI is InChI=1S/C31H37N3O4/c1-23-15-16-24(2)29(20-23)38-22-31(35)32-17-8-4-5-14-30-33-27-12-6-7-13-28(27)34(30)18-19-37-26-11-9-10-25(21-26)36-3/h6-7,9-13,15-16,20-21H,4-5,8,14,17-19,22H2,1-3H3,(H,32,35). The first-order chi connectivity index (χ1) is 18.5. The van der Waals surface area contributed by atoms with E-state index in [0.717, 1.165) is 70.9 Å². The van der Waals surface area contributed by atoms with Crippen LogP contribution in [-0.4, -0.2) is 42.3 Å². The highest BCUT2D eigenvalue weighted by molar-refractivity contribution is 5.77. The lowest BCUT2D eigenvalue weighted by Gasteiger charge is -2.12. The first-order valence-corrected chi connectivity index (χ1v) is 13.2. The van der Waals surface area contributed by atoms with Gasteiger partial charge in [-0.15, -0.1) is 0 Å². The number of rotatable bonds is 14. The predicted molar refractivity (Wildman–Crippen MR) is 150 cm³/mol. The monoisotopic (exact) mass is 515 g/mol. The summed E-state index contributed by atoms with van der Waals surface area (Å²) in [4.78, 5) is 17.1. The summed E-state index contributed by atoms with van der Waals surface area (Å²) in [6.07, 6.45) is 3.78. The molecule has 0 atom stereocenters. The molecule has 0 unspecified atom stereocenters. The van der Waals surface area contributed by atoms with Gasteiger partial charge in [-0.1, -0.05) is 36.8 Å². The minimum absolute atomic E-state index is 0.0339. The van der Waals surface area contributed by atoms with Gasteiger partial charge in [0.25, 0.3) is 5.91 Å². The molecule has 0 fully saturated rings. The lowest BCUT2D eigenvalue weighted by Crippen LogP contribution is -2.29. The third-order valence-corrected chi connectivity index (χ3v) is 6.46. The molecule has 4 aromatic rings. The summed E-state index contributed by atoms with van der Waals surface area (Å²) >= 11 is 0. The van der Waals surface area contributed by atoms with Crippen LogP contribution < -0.4 is 19.5 Å². The summed E-state index contributed by atoms with van der Waals surface area (Å²) in [6.45, 7) is 5.92. The molecule has 0 bridgehead atoms. The van der Waals surface area contributed by atoms with Gasteiger partial charge in [-0.2, -0.15) is 0 Å². The van der Waals surface area contributed by atoms with E-state index in [1.807, 2.05) is 74.5 Å². The molecule has 7 nitrogen and oxygen atoms in total. The number of benzene rings is 3. The minimum Gasteiger partial charge on any atom is -0.497 e. The number of amides is 1. The van der Waals surface area contributed by atoms with Crippen LogP contribution in [0.2, 0.25) is 0 Å². The summed E-state index contributed by atoms with van der Waals surface area (Å²) in [5.41, 5.74) is 4.26. The van der Waals surface area contributed by atoms with Crippen molar-refractivity contribution in [2.75, 3.05) is 26.9 Å². The molecular formula is C31H37N3O4. The van der Waals surface area contributed by atoms with E-state index >= 15 is 0 Å². The number of fused-ring (bicyclic) bond motifs is 1. The van der Waals surface area contributed by atoms with Crippen LogP contribution in [0.5, 0.6) is 17.2 Å². The second-order valence-electron chi connectivity index (χ2n) is 9.41. The Hall–Kier alpha value is -4.00. The van der Waals surface area contributed by atoms with Crippen molar-refractivity contribution < 1.29 is 19.0 Å². The normalized spacial score (nSPS) is 10.9. The number of nitrogens with one attached hydrogen (secondary N) is 1. The summed E-state index contributed by atoms with van der Waals surface area (Å²) in [5.74, 6) is 3.30. The Kier molecular flexibility index (Phi) is 9.62. The van der Waals surface area contributed by atoms with Gasteiger partial charge in [0.2, 0.25) is 0 Å². The molecule has 200 valence electrons. The van der Waals surface area contributed by atoms with E-state index < -0.39 is 0 Å². The van der Waals surface area contributed by atoms with Crippen LogP contribution in [-0.2, 0) is 17.8 Å². The lowest BCUT2D eigenvalue weighted by atomic mass is 10.1. The highest BCUT2D eigenvalue weighted by Gasteiger charge is 2.11. The second-order valence-corrected chi connectivity index (χ2v) is 9.41. The number of unbranched alkanes of at least 4 members (excludes halogenated alkanes) is 2. The fraction of sp³-hybridized carbons (Fsp3) is 0.355. The zero-order valence-electron chi connectivity index (χ0n) is 22.5. The molecule has 7 heteroatoms. The predicted octanol–water partition coefficient (Wildman–Crippen LogP) is 5.65. The Morgan fingerprint density at radius 2 is 1.76 bits per heavy atom. The molecule has 38 heavy (non-hydrogen) atoms. The number of ether oxygens (including phenoxy) is 3. The van der Waals surface area contributed by atoms with Crippen LogP contribution in [0.1, 0.15) is 36.2 Å². The number of methoxy groups -OCH3 is 1. The molecule has 0 saturated heterocycles. The number of hydrogen-bond donors (Lipinski definition) is 1. The molecule has 0 aliphatic rings. The van der Waals surface area contributed by atoms with Crippen molar-refractivity contribution in [2.45, 2.75) is 46.1 Å². The van der Waals surface area contributed by atoms with Crippen molar-refractivity contribution in [3.8, 4) is 17.2 Å². The number of aryl methyl sites for hydroxylation is 3. The van der Waals surface area contributed by atoms with E-state index in [1.54, 1.807) is 7.11 Å². The Morgan fingerprint density at radius 1 is 0.921 bits per heavy atom. The first kappa shape index (κ1) is 27.0. The highest BCUT2D eigenvalue weighted by Crippen LogP contribution is 2.21. The lowest BCUT2D eigenvalue weighted by molar-refractivity contribution is -0.123. The quantitative estimate of drug-likeness (QED) is 0.220. The largest absolute Gasteiger partial charge is 0.497 e. The van der Waals surface area contributed by atoms with E-state index in [-0.39, 0.29) is 12.5 Å². The van der Waals surface area contributed by atoms with Crippen molar-refractivity contribution in [3.05, 3.63) is 83.7 Å². The third kappa shape index (κ3) is 7.51. The maximum absolute atomic E-state index is 12.2. The van der Waals surface area contributed by atoms with Crippen molar-refractivity contribution in [2.24, 2.45) is 0 Å². The van der Waals surface area contributed by atoms with E-state index in [9.17, 15) is 4.79 Å². The Balaban J connectivity index is 1.21. The third-order valence-electron chi connectivity index (χ3n) is 6.46. The summed E-state index contributed by atoms with van der Waals surface area (Å²) in [5, 5.41) is 2.96. The van der Waals surface area contributed by atoms with Crippen LogP contribution >= 0.6 is 0 Å². The molecular weight excluding hydrogens is 478 g/mol. The molecule has 3 aromatic carbocycles. The molecule has 0 radical (unpaired) electrons. The smallest absolute Gasteiger partial charge is 0.257 e. The minimum atomic E-state index is -0.0938. The van der Waals surface area contributed by atoms with Gasteiger partial charge in [-0.05, 0) is 68.1 Å². The Bertz CT molecular complexity index is 1350. The van der Waals surface area contributed by atoms with Crippen LogP contribution in [0, 0.1) is 13.8 Å². The van der Waals surface area contributed by atoms with Gasteiger partial charge < -0.3 is 24.1 Å². The topological polar surface area (TPSA) is 74.6 Å². The van der Waals surface area contributed by atoms with Crippen LogP contribution in [0.3, 0.4) is 0 Å². The van der Waals surface area contributed by atoms with Gasteiger partial charge in [0.1, 0.15) is 29.7 Å². The van der Waals surface area contributed by atoms with E-state index in [4.69, 9.17) is 19.2 Å². The summed E-state index contributed by atoms with van der Waals surface area (Å²) in [7, 11) is 1.65. The van der Waals surface area contributed by atoms with Crippen LogP contribution in [0.25, 0.3) is 11.0 Å². The fourth-order valence-corrected chi connectivity index (χ4v) is 4.38. The SMILES string of the molecule is COc1cccc(OCCn2c(CCCCCNC(=O)COc3cc(C)ccc3C)nc3ccccc32)c1. The van der Waals surface area contributed by atoms with Gasteiger partial charge in [0.05, 0.1) is 24.7 Å². The maximum Gasteiger partial charge on any atom is 0.257 e.